The molecule has 0 saturated heterocycles. The van der Waals surface area contributed by atoms with Crippen LogP contribution in [0.5, 0.6) is 0 Å². The number of thiocarbonyl (C=S) groups is 1. The number of anilines is 1. The number of halogens is 2. The van der Waals surface area contributed by atoms with Gasteiger partial charge in [-0.2, -0.15) is 0 Å². The number of hydrogen-bond donors (Lipinski definition) is 3. The highest BCUT2D eigenvalue weighted by atomic mass is 127. The molecule has 0 aromatic heterocycles. The summed E-state index contributed by atoms with van der Waals surface area (Å²) in [6, 6.07) is 11.9. The number of aliphatic carboxylic acids is 1. The van der Waals surface area contributed by atoms with Crippen LogP contribution < -0.4 is 10.6 Å². The zero-order valence-electron chi connectivity index (χ0n) is 12.2. The van der Waals surface area contributed by atoms with Crippen LogP contribution in [0.4, 0.5) is 5.69 Å². The van der Waals surface area contributed by atoms with Gasteiger partial charge in [-0.05, 0) is 70.7 Å². The van der Waals surface area contributed by atoms with Crippen LogP contribution in [0.15, 0.2) is 42.5 Å². The van der Waals surface area contributed by atoms with Gasteiger partial charge < -0.3 is 10.4 Å². The molecular weight excluding hydrogens is 463 g/mol. The molecule has 0 aliphatic heterocycles. The Morgan fingerprint density at radius 2 is 1.83 bits per heavy atom. The number of carbonyl (C=O) groups excluding carboxylic acids is 1. The highest BCUT2D eigenvalue weighted by molar-refractivity contribution is 14.1. The van der Waals surface area contributed by atoms with Crippen molar-refractivity contribution in [3.05, 3.63) is 62.2 Å². The summed E-state index contributed by atoms with van der Waals surface area (Å²) >= 11 is 13.2. The SMILES string of the molecule is O=C(O)Cc1ccc(NC(=S)NC(=O)c2cc(I)ccc2Cl)cc1. The van der Waals surface area contributed by atoms with Crippen LogP contribution in [0, 0.1) is 3.57 Å². The molecule has 2 aromatic rings. The molecule has 2 aromatic carbocycles. The normalized spacial score (nSPS) is 10.1. The van der Waals surface area contributed by atoms with E-state index < -0.39 is 11.9 Å². The lowest BCUT2D eigenvalue weighted by Gasteiger charge is -2.11. The average molecular weight is 475 g/mol. The molecule has 0 aliphatic carbocycles. The highest BCUT2D eigenvalue weighted by Gasteiger charge is 2.12. The van der Waals surface area contributed by atoms with E-state index in [2.05, 4.69) is 33.2 Å². The lowest BCUT2D eigenvalue weighted by atomic mass is 10.1. The number of nitrogens with one attached hydrogen (secondary N) is 2. The summed E-state index contributed by atoms with van der Waals surface area (Å²) in [5.41, 5.74) is 1.65. The highest BCUT2D eigenvalue weighted by Crippen LogP contribution is 2.18. The molecule has 1 amide bonds. The van der Waals surface area contributed by atoms with Crippen LogP contribution in [0.1, 0.15) is 15.9 Å². The number of rotatable bonds is 4. The molecule has 24 heavy (non-hydrogen) atoms. The van der Waals surface area contributed by atoms with E-state index in [4.69, 9.17) is 28.9 Å². The molecule has 2 rings (SSSR count). The van der Waals surface area contributed by atoms with Gasteiger partial charge in [-0.15, -0.1) is 0 Å². The van der Waals surface area contributed by atoms with Gasteiger partial charge >= 0.3 is 5.97 Å². The van der Waals surface area contributed by atoms with E-state index >= 15 is 0 Å². The van der Waals surface area contributed by atoms with Crippen molar-refractivity contribution in [2.24, 2.45) is 0 Å². The molecule has 0 heterocycles. The van der Waals surface area contributed by atoms with E-state index in [1.54, 1.807) is 42.5 Å². The van der Waals surface area contributed by atoms with Gasteiger partial charge in [-0.25, -0.2) is 0 Å². The molecule has 5 nitrogen and oxygen atoms in total. The topological polar surface area (TPSA) is 78.4 Å². The summed E-state index contributed by atoms with van der Waals surface area (Å²) in [5.74, 6) is -1.30. The van der Waals surface area contributed by atoms with E-state index in [1.165, 1.54) is 0 Å². The van der Waals surface area contributed by atoms with Gasteiger partial charge in [0.1, 0.15) is 0 Å². The Hall–Kier alpha value is -1.71. The van der Waals surface area contributed by atoms with Gasteiger partial charge in [0.25, 0.3) is 5.91 Å². The minimum atomic E-state index is -0.895. The van der Waals surface area contributed by atoms with Crippen molar-refractivity contribution in [3.63, 3.8) is 0 Å². The second-order valence-electron chi connectivity index (χ2n) is 4.80. The maximum absolute atomic E-state index is 12.2. The molecule has 0 spiro atoms. The fourth-order valence-corrected chi connectivity index (χ4v) is 2.79. The number of hydrogen-bond acceptors (Lipinski definition) is 3. The third-order valence-corrected chi connectivity index (χ3v) is 4.17. The summed E-state index contributed by atoms with van der Waals surface area (Å²) in [4.78, 5) is 22.8. The molecule has 8 heteroatoms. The van der Waals surface area contributed by atoms with Crippen molar-refractivity contribution in [2.45, 2.75) is 6.42 Å². The molecule has 0 saturated carbocycles. The average Bonchev–Trinajstić information content (AvgIpc) is 2.51. The second-order valence-corrected chi connectivity index (χ2v) is 6.86. The Bertz CT molecular complexity index is 796. The quantitative estimate of drug-likeness (QED) is 0.465. The first-order valence-electron chi connectivity index (χ1n) is 6.73. The Kier molecular flexibility index (Phi) is 6.52. The number of carbonyl (C=O) groups is 2. The number of benzene rings is 2. The van der Waals surface area contributed by atoms with Crippen molar-refractivity contribution < 1.29 is 14.7 Å². The first-order chi connectivity index (χ1) is 11.3. The zero-order valence-corrected chi connectivity index (χ0v) is 15.9. The third kappa shape index (κ3) is 5.43. The molecule has 0 unspecified atom stereocenters. The minimum absolute atomic E-state index is 0.0490. The molecular formula is C16H12ClIN2O3S. The van der Waals surface area contributed by atoms with Crippen LogP contribution in [-0.2, 0) is 11.2 Å². The number of carboxylic acid groups (broad SMARTS) is 1. The lowest BCUT2D eigenvalue weighted by Crippen LogP contribution is -2.34. The predicted octanol–water partition coefficient (Wildman–Crippen LogP) is 3.70. The van der Waals surface area contributed by atoms with Crippen molar-refractivity contribution in [1.29, 1.82) is 0 Å². The minimum Gasteiger partial charge on any atom is -0.481 e. The largest absolute Gasteiger partial charge is 0.481 e. The van der Waals surface area contributed by atoms with Gasteiger partial charge in [0.2, 0.25) is 0 Å². The first-order valence-corrected chi connectivity index (χ1v) is 8.60. The number of carboxylic acids is 1. The standard InChI is InChI=1S/C16H12ClIN2O3S/c17-13-6-3-10(18)8-12(13)15(23)20-16(24)19-11-4-1-9(2-5-11)7-14(21)22/h1-6,8H,7H2,(H,21,22)(H2,19,20,23,24). The molecule has 124 valence electrons. The molecule has 0 atom stereocenters. The van der Waals surface area contributed by atoms with Gasteiger partial charge in [0.15, 0.2) is 5.11 Å². The lowest BCUT2D eigenvalue weighted by molar-refractivity contribution is -0.136. The fourth-order valence-electron chi connectivity index (χ4n) is 1.88. The Balaban J connectivity index is 1.98. The smallest absolute Gasteiger partial charge is 0.307 e. The van der Waals surface area contributed by atoms with Crippen molar-refractivity contribution in [2.75, 3.05) is 5.32 Å². The van der Waals surface area contributed by atoms with E-state index in [-0.39, 0.29) is 11.5 Å². The van der Waals surface area contributed by atoms with Crippen LogP contribution in [0.2, 0.25) is 5.02 Å². The summed E-state index contributed by atoms with van der Waals surface area (Å²) in [6.07, 6.45) is -0.0490. The van der Waals surface area contributed by atoms with Gasteiger partial charge in [0.05, 0.1) is 17.0 Å². The summed E-state index contributed by atoms with van der Waals surface area (Å²) in [5, 5.41) is 14.6. The van der Waals surface area contributed by atoms with E-state index in [0.29, 0.717) is 21.8 Å². The van der Waals surface area contributed by atoms with Crippen LogP contribution in [0.25, 0.3) is 0 Å². The van der Waals surface area contributed by atoms with Crippen molar-refractivity contribution in [3.8, 4) is 0 Å². The van der Waals surface area contributed by atoms with Crippen LogP contribution in [-0.4, -0.2) is 22.1 Å². The predicted molar refractivity (Wildman–Crippen MR) is 106 cm³/mol. The molecule has 0 radical (unpaired) electrons. The van der Waals surface area contributed by atoms with Crippen LogP contribution in [0.3, 0.4) is 0 Å². The Morgan fingerprint density at radius 1 is 1.17 bits per heavy atom. The van der Waals surface area contributed by atoms with E-state index in [0.717, 1.165) is 3.57 Å². The monoisotopic (exact) mass is 474 g/mol. The van der Waals surface area contributed by atoms with Crippen molar-refractivity contribution in [1.82, 2.24) is 5.32 Å². The zero-order chi connectivity index (χ0) is 17.7. The molecule has 0 fully saturated rings. The fraction of sp³-hybridized carbons (Fsp3) is 0.0625. The second kappa shape index (κ2) is 8.41. The Labute approximate surface area is 162 Å². The molecule has 0 bridgehead atoms. The maximum Gasteiger partial charge on any atom is 0.307 e. The molecule has 3 N–H and O–H groups in total. The van der Waals surface area contributed by atoms with Crippen LogP contribution >= 0.6 is 46.4 Å². The van der Waals surface area contributed by atoms with Gasteiger partial charge in [-0.3, -0.25) is 14.9 Å². The van der Waals surface area contributed by atoms with E-state index in [1.807, 2.05) is 0 Å². The van der Waals surface area contributed by atoms with E-state index in [9.17, 15) is 9.59 Å². The summed E-state index contributed by atoms with van der Waals surface area (Å²) < 4.78 is 0.884. The van der Waals surface area contributed by atoms with Crippen molar-refractivity contribution >= 4 is 69.1 Å². The third-order valence-electron chi connectivity index (χ3n) is 2.97. The van der Waals surface area contributed by atoms with Gasteiger partial charge in [0, 0.05) is 9.26 Å². The van der Waals surface area contributed by atoms with Gasteiger partial charge in [-0.1, -0.05) is 23.7 Å². The Morgan fingerprint density at radius 3 is 2.46 bits per heavy atom. The molecule has 0 aliphatic rings. The first kappa shape index (κ1) is 18.6. The summed E-state index contributed by atoms with van der Waals surface area (Å²) in [7, 11) is 0. The number of amides is 1. The maximum atomic E-state index is 12.2. The summed E-state index contributed by atoms with van der Waals surface area (Å²) in [6.45, 7) is 0.